The van der Waals surface area contributed by atoms with Crippen LogP contribution in [0.2, 0.25) is 0 Å². The number of nitrogens with zero attached hydrogens (tertiary/aromatic N) is 1. The van der Waals surface area contributed by atoms with Crippen molar-refractivity contribution in [2.75, 3.05) is 19.8 Å². The number of carbonyl (C=O) groups is 2. The van der Waals surface area contributed by atoms with Crippen LogP contribution < -0.4 is 10.0 Å². The van der Waals surface area contributed by atoms with Gasteiger partial charge in [0.15, 0.2) is 0 Å². The molecule has 0 aromatic heterocycles. The predicted molar refractivity (Wildman–Crippen MR) is 163 cm³/mol. The number of hydrogen-bond donors (Lipinski definition) is 2. The molecule has 0 bridgehead atoms. The summed E-state index contributed by atoms with van der Waals surface area (Å²) in [6.07, 6.45) is 3.13. The van der Waals surface area contributed by atoms with E-state index in [-0.39, 0.29) is 41.5 Å². The molecule has 43 heavy (non-hydrogen) atoms. The highest BCUT2D eigenvalue weighted by atomic mass is 32.2. The predicted octanol–water partition coefficient (Wildman–Crippen LogP) is 4.38. The first-order valence-corrected chi connectivity index (χ1v) is 16.3. The number of aryl methyl sites for hydroxylation is 1. The van der Waals surface area contributed by atoms with E-state index in [9.17, 15) is 22.4 Å². The quantitative estimate of drug-likeness (QED) is 0.221. The number of sulfonamides is 1. The van der Waals surface area contributed by atoms with Crippen LogP contribution in [0.4, 0.5) is 4.39 Å². The van der Waals surface area contributed by atoms with Crippen molar-refractivity contribution in [3.63, 3.8) is 0 Å². The second kappa shape index (κ2) is 15.7. The van der Waals surface area contributed by atoms with Gasteiger partial charge in [-0.05, 0) is 73.6 Å². The van der Waals surface area contributed by atoms with E-state index in [0.29, 0.717) is 44.6 Å². The third-order valence-corrected chi connectivity index (χ3v) is 8.80. The van der Waals surface area contributed by atoms with Crippen LogP contribution in [0.1, 0.15) is 49.3 Å². The minimum absolute atomic E-state index is 0.0140. The van der Waals surface area contributed by atoms with Gasteiger partial charge in [0, 0.05) is 45.2 Å². The highest BCUT2D eigenvalue weighted by Gasteiger charge is 2.30. The van der Waals surface area contributed by atoms with Crippen LogP contribution in [0, 0.1) is 5.82 Å². The van der Waals surface area contributed by atoms with E-state index in [1.165, 1.54) is 12.1 Å². The number of nitrogens with one attached hydrogen (secondary N) is 2. The van der Waals surface area contributed by atoms with E-state index in [4.69, 9.17) is 4.74 Å². The minimum atomic E-state index is -3.56. The molecule has 2 amide bonds. The monoisotopic (exact) mass is 609 g/mol. The number of hydrogen-bond acceptors (Lipinski definition) is 5. The van der Waals surface area contributed by atoms with Crippen LogP contribution in [0.25, 0.3) is 0 Å². The zero-order valence-corrected chi connectivity index (χ0v) is 25.3. The van der Waals surface area contributed by atoms with Crippen molar-refractivity contribution in [1.82, 2.24) is 14.9 Å². The first-order chi connectivity index (χ1) is 20.7. The van der Waals surface area contributed by atoms with Crippen molar-refractivity contribution in [2.45, 2.75) is 69.0 Å². The standard InChI is InChI=1S/C33H40FN3O5S/c1-2-42-22-6-21-35-33(39)31(23-26-7-4-3-5-8-26)37(24-27-9-14-28(34)15-10-27)32(38)20-13-25-11-18-30(19-12-25)43(40,41)36-29-16-17-29/h3-5,7-12,14-15,18-19,29,31,36H,2,6,13,16-17,20-24H2,1H3,(H,35,39)/t31-/m0/s1. The number of ether oxygens (including phenoxy) is 1. The number of carbonyl (C=O) groups excluding carboxylic acids is 2. The molecule has 1 fully saturated rings. The van der Waals surface area contributed by atoms with Crippen molar-refractivity contribution in [3.8, 4) is 0 Å². The Balaban J connectivity index is 1.51. The van der Waals surface area contributed by atoms with E-state index in [1.807, 2.05) is 37.3 Å². The van der Waals surface area contributed by atoms with Gasteiger partial charge in [0.2, 0.25) is 21.8 Å². The maximum atomic E-state index is 13.8. The van der Waals surface area contributed by atoms with Crippen molar-refractivity contribution in [1.29, 1.82) is 0 Å². The van der Waals surface area contributed by atoms with Crippen molar-refractivity contribution in [2.24, 2.45) is 0 Å². The summed E-state index contributed by atoms with van der Waals surface area (Å²) < 4.78 is 46.8. The molecule has 0 radical (unpaired) electrons. The summed E-state index contributed by atoms with van der Waals surface area (Å²) in [7, 11) is -3.56. The molecular formula is C33H40FN3O5S. The lowest BCUT2D eigenvalue weighted by molar-refractivity contribution is -0.141. The molecule has 8 nitrogen and oxygen atoms in total. The Morgan fingerprint density at radius 1 is 0.953 bits per heavy atom. The molecule has 0 unspecified atom stereocenters. The fourth-order valence-electron chi connectivity index (χ4n) is 4.71. The average molecular weight is 610 g/mol. The first-order valence-electron chi connectivity index (χ1n) is 14.8. The third kappa shape index (κ3) is 10.3. The van der Waals surface area contributed by atoms with E-state index < -0.39 is 16.1 Å². The summed E-state index contributed by atoms with van der Waals surface area (Å²) in [4.78, 5) is 29.2. The lowest BCUT2D eigenvalue weighted by Gasteiger charge is -2.31. The Bertz CT molecular complexity index is 1430. The lowest BCUT2D eigenvalue weighted by Crippen LogP contribution is -2.50. The normalized spacial score (nSPS) is 13.8. The zero-order chi connectivity index (χ0) is 30.7. The largest absolute Gasteiger partial charge is 0.382 e. The molecular weight excluding hydrogens is 569 g/mol. The van der Waals surface area contributed by atoms with Gasteiger partial charge in [0.25, 0.3) is 0 Å². The van der Waals surface area contributed by atoms with Gasteiger partial charge in [0.05, 0.1) is 4.90 Å². The molecule has 0 saturated heterocycles. The van der Waals surface area contributed by atoms with Gasteiger partial charge >= 0.3 is 0 Å². The molecule has 1 saturated carbocycles. The summed E-state index contributed by atoms with van der Waals surface area (Å²) in [6, 6.07) is 21.2. The highest BCUT2D eigenvalue weighted by molar-refractivity contribution is 7.89. The van der Waals surface area contributed by atoms with Gasteiger partial charge in [-0.15, -0.1) is 0 Å². The number of benzene rings is 3. The molecule has 1 aliphatic rings. The van der Waals surface area contributed by atoms with Crippen molar-refractivity contribution in [3.05, 3.63) is 101 Å². The molecule has 1 aliphatic carbocycles. The van der Waals surface area contributed by atoms with E-state index >= 15 is 0 Å². The van der Waals surface area contributed by atoms with Crippen LogP contribution in [-0.4, -0.2) is 57.0 Å². The van der Waals surface area contributed by atoms with Crippen LogP contribution >= 0.6 is 0 Å². The van der Waals surface area contributed by atoms with E-state index in [0.717, 1.165) is 24.0 Å². The molecule has 3 aromatic carbocycles. The topological polar surface area (TPSA) is 105 Å². The van der Waals surface area contributed by atoms with Crippen LogP contribution in [-0.2, 0) is 43.7 Å². The summed E-state index contributed by atoms with van der Waals surface area (Å²) in [5.41, 5.74) is 2.42. The van der Waals surface area contributed by atoms with Crippen LogP contribution in [0.5, 0.6) is 0 Å². The number of rotatable bonds is 17. The smallest absolute Gasteiger partial charge is 0.243 e. The molecule has 10 heteroatoms. The first kappa shape index (κ1) is 32.3. The fraction of sp³-hybridized carbons (Fsp3) is 0.394. The maximum absolute atomic E-state index is 13.8. The summed E-state index contributed by atoms with van der Waals surface area (Å²) >= 11 is 0. The minimum Gasteiger partial charge on any atom is -0.382 e. The van der Waals surface area contributed by atoms with Gasteiger partial charge in [-0.1, -0.05) is 54.6 Å². The Kier molecular flexibility index (Phi) is 11.8. The summed E-state index contributed by atoms with van der Waals surface area (Å²) in [5, 5.41) is 2.97. The Labute approximate surface area is 253 Å². The van der Waals surface area contributed by atoms with Crippen molar-refractivity contribution < 1.29 is 27.1 Å². The van der Waals surface area contributed by atoms with Gasteiger partial charge in [0.1, 0.15) is 11.9 Å². The van der Waals surface area contributed by atoms with Crippen molar-refractivity contribution >= 4 is 21.8 Å². The van der Waals surface area contributed by atoms with Gasteiger partial charge in [-0.3, -0.25) is 9.59 Å². The Morgan fingerprint density at radius 3 is 2.28 bits per heavy atom. The molecule has 1 atom stereocenters. The van der Waals surface area contributed by atoms with Crippen LogP contribution in [0.3, 0.4) is 0 Å². The maximum Gasteiger partial charge on any atom is 0.243 e. The third-order valence-electron chi connectivity index (χ3n) is 7.27. The molecule has 3 aromatic rings. The Morgan fingerprint density at radius 2 is 1.63 bits per heavy atom. The molecule has 2 N–H and O–H groups in total. The molecule has 0 heterocycles. The van der Waals surface area contributed by atoms with E-state index in [1.54, 1.807) is 41.3 Å². The van der Waals surface area contributed by atoms with E-state index in [2.05, 4.69) is 10.0 Å². The average Bonchev–Trinajstić information content (AvgIpc) is 3.82. The fourth-order valence-corrected chi connectivity index (χ4v) is 6.01. The second-order valence-corrected chi connectivity index (χ2v) is 12.4. The molecule has 230 valence electrons. The second-order valence-electron chi connectivity index (χ2n) is 10.7. The molecule has 0 aliphatic heterocycles. The summed E-state index contributed by atoms with van der Waals surface area (Å²) in [6.45, 7) is 3.58. The zero-order valence-electron chi connectivity index (χ0n) is 24.5. The molecule has 0 spiro atoms. The van der Waals surface area contributed by atoms with Gasteiger partial charge in [-0.2, -0.15) is 0 Å². The van der Waals surface area contributed by atoms with Gasteiger partial charge < -0.3 is 15.0 Å². The number of halogens is 1. The van der Waals surface area contributed by atoms with Crippen LogP contribution in [0.15, 0.2) is 83.8 Å². The SMILES string of the molecule is CCOCCCNC(=O)[C@H](Cc1ccccc1)N(Cc1ccc(F)cc1)C(=O)CCc1ccc(S(=O)(=O)NC2CC2)cc1. The molecule has 4 rings (SSSR count). The summed E-state index contributed by atoms with van der Waals surface area (Å²) in [5.74, 6) is -0.886. The number of amides is 2. The lowest BCUT2D eigenvalue weighted by atomic mass is 10.0. The van der Waals surface area contributed by atoms with Gasteiger partial charge in [-0.25, -0.2) is 17.5 Å². The highest BCUT2D eigenvalue weighted by Crippen LogP contribution is 2.23. The Hall–Kier alpha value is -3.60.